The molecule has 3 fully saturated rings. The molecular weight excluding hydrogens is 375 g/mol. The Hall–Kier alpha value is -1.86. The minimum atomic E-state index is -0.389. The van der Waals surface area contributed by atoms with E-state index >= 15 is 0 Å². The first-order valence-corrected chi connectivity index (χ1v) is 9.61. The highest BCUT2D eigenvalue weighted by Crippen LogP contribution is 2.41. The van der Waals surface area contributed by atoms with Crippen LogP contribution in [-0.2, 0) is 20.9 Å². The van der Waals surface area contributed by atoms with Crippen molar-refractivity contribution in [3.63, 3.8) is 0 Å². The van der Waals surface area contributed by atoms with Gasteiger partial charge in [0, 0.05) is 24.0 Å². The third-order valence-electron chi connectivity index (χ3n) is 5.71. The summed E-state index contributed by atoms with van der Waals surface area (Å²) in [5.74, 6) is -0.249. The highest BCUT2D eigenvalue weighted by molar-refractivity contribution is 6.31. The minimum absolute atomic E-state index is 0.0394. The lowest BCUT2D eigenvalue weighted by Crippen LogP contribution is -2.58. The molecule has 1 aromatic carbocycles. The summed E-state index contributed by atoms with van der Waals surface area (Å²) in [5, 5.41) is 3.18. The highest BCUT2D eigenvalue weighted by atomic mass is 35.5. The van der Waals surface area contributed by atoms with Crippen molar-refractivity contribution in [3.8, 4) is 0 Å². The van der Waals surface area contributed by atoms with Crippen molar-refractivity contribution in [1.29, 1.82) is 0 Å². The number of likely N-dealkylation sites (tertiary alicyclic amines) is 1. The SMILES string of the molecule is O=C1NC2(CO1)CC(C(=O)N1CCC(OCc3ccc(F)cc3Cl)CC1)C2. The van der Waals surface area contributed by atoms with Crippen LogP contribution in [0.25, 0.3) is 0 Å². The Morgan fingerprint density at radius 2 is 2.11 bits per heavy atom. The Kier molecular flexibility index (Phi) is 4.99. The summed E-state index contributed by atoms with van der Waals surface area (Å²) >= 11 is 6.02. The maximum Gasteiger partial charge on any atom is 0.407 e. The number of cyclic esters (lactones) is 1. The second-order valence-corrected chi connectivity index (χ2v) is 8.07. The number of rotatable bonds is 4. The van der Waals surface area contributed by atoms with Crippen molar-refractivity contribution in [2.75, 3.05) is 19.7 Å². The summed E-state index contributed by atoms with van der Waals surface area (Å²) < 4.78 is 23.9. The van der Waals surface area contributed by atoms with E-state index < -0.39 is 0 Å². The van der Waals surface area contributed by atoms with E-state index in [1.54, 1.807) is 6.07 Å². The number of nitrogens with zero attached hydrogens (tertiary/aromatic N) is 1. The molecule has 27 heavy (non-hydrogen) atoms. The van der Waals surface area contributed by atoms with E-state index in [0.29, 0.717) is 44.2 Å². The first-order chi connectivity index (χ1) is 12.9. The summed E-state index contributed by atoms with van der Waals surface area (Å²) in [6.45, 7) is 2.01. The normalized spacial score (nSPS) is 28.0. The number of carbonyl (C=O) groups excluding carboxylic acids is 2. The molecule has 1 aromatic rings. The monoisotopic (exact) mass is 396 g/mol. The molecule has 1 N–H and O–H groups in total. The molecule has 1 aliphatic carbocycles. The number of alkyl carbamates (subject to hydrolysis) is 1. The van der Waals surface area contributed by atoms with Gasteiger partial charge in [-0.05, 0) is 43.4 Å². The number of hydrogen-bond donors (Lipinski definition) is 1. The summed E-state index contributed by atoms with van der Waals surface area (Å²) in [5.41, 5.74) is 0.435. The molecule has 0 atom stereocenters. The van der Waals surface area contributed by atoms with Crippen LogP contribution in [0.1, 0.15) is 31.2 Å². The molecular formula is C19H22ClFN2O4. The van der Waals surface area contributed by atoms with Crippen molar-refractivity contribution >= 4 is 23.6 Å². The van der Waals surface area contributed by atoms with Crippen molar-refractivity contribution in [1.82, 2.24) is 10.2 Å². The maximum atomic E-state index is 13.1. The fraction of sp³-hybridized carbons (Fsp3) is 0.579. The summed E-state index contributed by atoms with van der Waals surface area (Å²) in [7, 11) is 0. The van der Waals surface area contributed by atoms with Gasteiger partial charge in [-0.1, -0.05) is 17.7 Å². The average molecular weight is 397 g/mol. The molecule has 2 saturated heterocycles. The quantitative estimate of drug-likeness (QED) is 0.849. The highest BCUT2D eigenvalue weighted by Gasteiger charge is 2.53. The van der Waals surface area contributed by atoms with Crippen LogP contribution in [0.3, 0.4) is 0 Å². The Morgan fingerprint density at radius 3 is 2.74 bits per heavy atom. The number of nitrogens with one attached hydrogen (secondary N) is 1. The van der Waals surface area contributed by atoms with Crippen molar-refractivity contribution in [2.45, 2.75) is 43.9 Å². The van der Waals surface area contributed by atoms with E-state index in [1.807, 2.05) is 4.90 Å². The van der Waals surface area contributed by atoms with Gasteiger partial charge in [0.1, 0.15) is 12.4 Å². The molecule has 1 spiro atoms. The minimum Gasteiger partial charge on any atom is -0.447 e. The van der Waals surface area contributed by atoms with Crippen LogP contribution in [-0.4, -0.2) is 48.2 Å². The lowest BCUT2D eigenvalue weighted by Gasteiger charge is -2.44. The fourth-order valence-electron chi connectivity index (χ4n) is 4.12. The molecule has 6 nitrogen and oxygen atoms in total. The van der Waals surface area contributed by atoms with Crippen LogP contribution < -0.4 is 5.32 Å². The van der Waals surface area contributed by atoms with Gasteiger partial charge in [-0.2, -0.15) is 0 Å². The Labute approximate surface area is 161 Å². The zero-order valence-electron chi connectivity index (χ0n) is 14.9. The van der Waals surface area contributed by atoms with Crippen LogP contribution >= 0.6 is 11.6 Å². The molecule has 1 saturated carbocycles. The predicted octanol–water partition coefficient (Wildman–Crippen LogP) is 2.88. The predicted molar refractivity (Wildman–Crippen MR) is 95.7 cm³/mol. The van der Waals surface area contributed by atoms with Crippen molar-refractivity contribution < 1.29 is 23.5 Å². The van der Waals surface area contributed by atoms with Gasteiger partial charge in [0.15, 0.2) is 0 Å². The Bertz CT molecular complexity index is 745. The van der Waals surface area contributed by atoms with E-state index in [1.165, 1.54) is 12.1 Å². The zero-order chi connectivity index (χ0) is 19.0. The van der Waals surface area contributed by atoms with E-state index in [-0.39, 0.29) is 35.4 Å². The van der Waals surface area contributed by atoms with Gasteiger partial charge < -0.3 is 19.7 Å². The molecule has 146 valence electrons. The standard InChI is InChI=1S/C19H22ClFN2O4/c20-16-7-14(21)2-1-12(16)10-26-15-3-5-23(6-4-15)17(24)13-8-19(9-13)11-27-18(25)22-19/h1-2,7,13,15H,3-6,8-11H2,(H,22,25). The molecule has 2 heterocycles. The van der Waals surface area contributed by atoms with Gasteiger partial charge in [0.05, 0.1) is 18.2 Å². The van der Waals surface area contributed by atoms with Gasteiger partial charge in [-0.15, -0.1) is 0 Å². The Balaban J connectivity index is 1.21. The lowest BCUT2D eigenvalue weighted by atomic mass is 9.68. The third-order valence-corrected chi connectivity index (χ3v) is 6.07. The number of ether oxygens (including phenoxy) is 2. The molecule has 0 radical (unpaired) electrons. The zero-order valence-corrected chi connectivity index (χ0v) is 15.6. The summed E-state index contributed by atoms with van der Waals surface area (Å²) in [6, 6.07) is 4.29. The van der Waals surface area contributed by atoms with Crippen LogP contribution in [0.15, 0.2) is 18.2 Å². The van der Waals surface area contributed by atoms with E-state index in [0.717, 1.165) is 18.4 Å². The van der Waals surface area contributed by atoms with Crippen LogP contribution in [0.4, 0.5) is 9.18 Å². The number of hydrogen-bond acceptors (Lipinski definition) is 4. The first kappa shape index (κ1) is 18.5. The summed E-state index contributed by atoms with van der Waals surface area (Å²) in [4.78, 5) is 25.7. The number of piperidine rings is 1. The van der Waals surface area contributed by atoms with E-state index in [2.05, 4.69) is 5.32 Å². The van der Waals surface area contributed by atoms with Gasteiger partial charge in [0.25, 0.3) is 0 Å². The number of amides is 2. The number of carbonyl (C=O) groups is 2. The maximum absolute atomic E-state index is 13.1. The van der Waals surface area contributed by atoms with E-state index in [9.17, 15) is 14.0 Å². The van der Waals surface area contributed by atoms with Crippen molar-refractivity contribution in [3.05, 3.63) is 34.6 Å². The summed E-state index contributed by atoms with van der Waals surface area (Å²) in [6.07, 6.45) is 2.50. The molecule has 8 heteroatoms. The van der Waals surface area contributed by atoms with Crippen LogP contribution in [0.5, 0.6) is 0 Å². The largest absolute Gasteiger partial charge is 0.447 e. The number of benzene rings is 1. The third kappa shape index (κ3) is 3.89. The van der Waals surface area contributed by atoms with Crippen molar-refractivity contribution in [2.24, 2.45) is 5.92 Å². The molecule has 2 amide bonds. The fourth-order valence-corrected chi connectivity index (χ4v) is 4.34. The first-order valence-electron chi connectivity index (χ1n) is 9.23. The molecule has 0 unspecified atom stereocenters. The molecule has 3 aliphatic rings. The average Bonchev–Trinajstić information content (AvgIpc) is 3.02. The van der Waals surface area contributed by atoms with E-state index in [4.69, 9.17) is 21.1 Å². The molecule has 2 aliphatic heterocycles. The lowest BCUT2D eigenvalue weighted by molar-refractivity contribution is -0.144. The topological polar surface area (TPSA) is 67.9 Å². The van der Waals surface area contributed by atoms with Gasteiger partial charge >= 0.3 is 6.09 Å². The second-order valence-electron chi connectivity index (χ2n) is 7.66. The van der Waals surface area contributed by atoms with Crippen LogP contribution in [0, 0.1) is 11.7 Å². The number of halogens is 2. The molecule has 0 aromatic heterocycles. The second kappa shape index (κ2) is 7.28. The van der Waals surface area contributed by atoms with Crippen LogP contribution in [0.2, 0.25) is 5.02 Å². The Morgan fingerprint density at radius 1 is 1.37 bits per heavy atom. The molecule has 0 bridgehead atoms. The molecule has 4 rings (SSSR count). The van der Waals surface area contributed by atoms with Gasteiger partial charge in [-0.25, -0.2) is 9.18 Å². The van der Waals surface area contributed by atoms with Gasteiger partial charge in [0.2, 0.25) is 5.91 Å². The van der Waals surface area contributed by atoms with Gasteiger partial charge in [-0.3, -0.25) is 4.79 Å². The smallest absolute Gasteiger partial charge is 0.407 e.